The summed E-state index contributed by atoms with van der Waals surface area (Å²) in [5, 5.41) is 6.00. The van der Waals surface area contributed by atoms with Gasteiger partial charge in [0, 0.05) is 0 Å². The molecule has 0 unspecified atom stereocenters. The smallest absolute Gasteiger partial charge is 0.200 e. The van der Waals surface area contributed by atoms with Crippen molar-refractivity contribution in [2.75, 3.05) is 42.3 Å². The summed E-state index contributed by atoms with van der Waals surface area (Å²) < 4.78 is 882. The van der Waals surface area contributed by atoms with E-state index in [-0.39, 0.29) is 0 Å². The molecular weight excluding hydrogens is 2150 g/mol. The summed E-state index contributed by atoms with van der Waals surface area (Å²) in [4.78, 5) is 0. The van der Waals surface area contributed by atoms with Crippen LogP contribution in [0.25, 0.3) is 0 Å². The minimum atomic E-state index is -7.22. The first kappa shape index (κ1) is 117. The van der Waals surface area contributed by atoms with Crippen LogP contribution in [-0.2, 0) is 0 Å². The molecule has 0 saturated carbocycles. The first-order valence-electron chi connectivity index (χ1n) is 36.3. The van der Waals surface area contributed by atoms with Crippen molar-refractivity contribution in [2.24, 2.45) is 0 Å². The zero-order chi connectivity index (χ0) is 111. The van der Waals surface area contributed by atoms with E-state index in [1.807, 2.05) is 58.2 Å². The third-order valence-electron chi connectivity index (χ3n) is 20.1. The second-order valence-electron chi connectivity index (χ2n) is 28.1. The highest BCUT2D eigenvalue weighted by atomic mass is 19.3. The van der Waals surface area contributed by atoms with Gasteiger partial charge >= 0.3 is 0 Å². The second kappa shape index (κ2) is 42.8. The molecule has 12 rings (SSSR count). The van der Waals surface area contributed by atoms with E-state index in [9.17, 15) is 158 Å². The molecule has 0 radical (unpaired) electrons. The minimum Gasteiger partial charge on any atom is -0.351 e. The van der Waals surface area contributed by atoms with E-state index in [0.29, 0.717) is 0 Å². The summed E-state index contributed by atoms with van der Waals surface area (Å²) in [6.07, 6.45) is -21.7. The molecule has 780 valence electrons. The molecule has 0 amide bonds. The highest BCUT2D eigenvalue weighted by molar-refractivity contribution is 7.21. The number of nitrogens with two attached hydrogens (primary N) is 3. The third kappa shape index (κ3) is 17.4. The molecule has 0 saturated heterocycles. The van der Waals surface area contributed by atoms with Gasteiger partial charge in [0.25, 0.3) is 0 Å². The Labute approximate surface area is 753 Å². The second-order valence-corrected chi connectivity index (χ2v) is 28.1. The van der Waals surface area contributed by atoms with Crippen LogP contribution in [0, 0.1) is 349 Å². The summed E-state index contributed by atoms with van der Waals surface area (Å²) in [6.45, 7) is 0. The molecule has 3 nitrogen and oxygen atoms in total. The van der Waals surface area contributed by atoms with Gasteiger partial charge in [-0.2, -0.15) is 0 Å². The molecule has 0 aliphatic rings. The fourth-order valence-corrected chi connectivity index (χ4v) is 14.6. The van der Waals surface area contributed by atoms with Crippen LogP contribution < -0.4 is 81.5 Å². The molecule has 0 bridgehead atoms. The quantitative estimate of drug-likeness (QED) is 0.0473. The van der Waals surface area contributed by atoms with Gasteiger partial charge in [-0.3, -0.25) is 0 Å². The molecular formula is C78H24B3F60N3. The number of hydrogen-bond acceptors (Lipinski definition) is 0. The van der Waals surface area contributed by atoms with Gasteiger partial charge in [0.05, 0.1) is 42.3 Å². The van der Waals surface area contributed by atoms with E-state index in [2.05, 4.69) is 0 Å². The van der Waals surface area contributed by atoms with Gasteiger partial charge in [0.15, 0.2) is 209 Å². The lowest BCUT2D eigenvalue weighted by Gasteiger charge is -2.44. The van der Waals surface area contributed by atoms with Crippen molar-refractivity contribution in [3.63, 3.8) is 0 Å². The molecule has 0 aliphatic heterocycles. The maximum Gasteiger partial charge on any atom is 0.200 e. The fraction of sp³-hybridized carbons (Fsp3) is 0.0769. The summed E-state index contributed by atoms with van der Waals surface area (Å²) in [5.41, 5.74) is -43.0. The van der Waals surface area contributed by atoms with Crippen molar-refractivity contribution in [3.05, 3.63) is 349 Å². The van der Waals surface area contributed by atoms with Crippen molar-refractivity contribution in [2.45, 2.75) is 0 Å². The Bertz CT molecular complexity index is 5460. The van der Waals surface area contributed by atoms with Gasteiger partial charge in [-0.05, 0) is 0 Å². The van der Waals surface area contributed by atoms with E-state index >= 15 is 105 Å². The summed E-state index contributed by atoms with van der Waals surface area (Å²) in [7, 11) is 12.0. The van der Waals surface area contributed by atoms with Gasteiger partial charge in [0.1, 0.15) is 158 Å². The number of hydrogen-bond donors (Lipinski definition) is 3. The topological polar surface area (TPSA) is 49.8 Å². The normalized spacial score (nSPS) is 11.6. The first-order valence-corrected chi connectivity index (χ1v) is 36.3. The van der Waals surface area contributed by atoms with Crippen LogP contribution in [0.15, 0.2) is 0 Å². The molecule has 12 aromatic carbocycles. The van der Waals surface area contributed by atoms with Crippen molar-refractivity contribution in [3.8, 4) is 0 Å². The van der Waals surface area contributed by atoms with Crippen molar-refractivity contribution in [1.82, 2.24) is 0 Å². The zero-order valence-corrected chi connectivity index (χ0v) is 68.1. The van der Waals surface area contributed by atoms with E-state index < -0.39 is 433 Å². The molecule has 0 spiro atoms. The zero-order valence-electron chi connectivity index (χ0n) is 68.1. The van der Waals surface area contributed by atoms with E-state index in [1.54, 1.807) is 0 Å². The molecule has 66 heteroatoms. The molecule has 6 N–H and O–H groups in total. The lowest BCUT2D eigenvalue weighted by molar-refractivity contribution is -0.597. The van der Waals surface area contributed by atoms with Gasteiger partial charge in [-0.25, -0.2) is 263 Å². The number of quaternary nitrogens is 3. The standard InChI is InChI=1S/3C24BF20.3C2H7N/c3*26-5-1(6(27)14(35)21(42)13(5)34)25(2-7(28)15(36)22(43)16(37)8(2)29,3-9(30)17(38)23(44)18(39)10(3)31)4-11(32)19(40)24(45)20(41)12(4)33;3*1-3-2/h;;;3*3H,1-2H3/q3*-1;;;/p+3. The lowest BCUT2D eigenvalue weighted by Crippen LogP contribution is -2.81. The Hall–Kier alpha value is -13.5. The Morgan fingerprint density at radius 2 is 0.104 bits per heavy atom. The largest absolute Gasteiger partial charge is 0.351 e. The SMILES string of the molecule is C[NH2+]C.C[NH2+]C.C[NH2+]C.Fc1c(F)c(F)c([B-](c2c(F)c(F)c(F)c(F)c2F)(c2c(F)c(F)c(F)c(F)c2F)c2c(F)c(F)c(F)c(F)c2F)c(F)c1F.Fc1c(F)c(F)c([B-](c2c(F)c(F)c(F)c(F)c2F)(c2c(F)c(F)c(F)c(F)c2F)c2c(F)c(F)c(F)c(F)c2F)c(F)c1F.Fc1c(F)c(F)c([B-](c2c(F)c(F)c(F)c(F)c2F)(c2c(F)c(F)c(F)c(F)c2F)c2c(F)c(F)c(F)c(F)c2F)c(F)c1F. The molecule has 0 aromatic heterocycles. The third-order valence-corrected chi connectivity index (χ3v) is 20.1. The number of benzene rings is 12. The maximum atomic E-state index is 15.4. The van der Waals surface area contributed by atoms with Gasteiger partial charge in [-0.1, -0.05) is 0 Å². The van der Waals surface area contributed by atoms with Gasteiger partial charge in [-0.15, -0.1) is 65.6 Å². The van der Waals surface area contributed by atoms with Gasteiger partial charge in [0.2, 0.25) is 0 Å². The summed E-state index contributed by atoms with van der Waals surface area (Å²) >= 11 is 0. The monoisotopic (exact) mass is 2180 g/mol. The van der Waals surface area contributed by atoms with Gasteiger partial charge < -0.3 is 16.0 Å². The average Bonchev–Trinajstić information content (AvgIpc) is 0.687. The molecule has 12 aromatic rings. The predicted molar refractivity (Wildman–Crippen MR) is 369 cm³/mol. The lowest BCUT2D eigenvalue weighted by atomic mass is 9.12. The van der Waals surface area contributed by atoms with Crippen molar-refractivity contribution < 1.29 is 279 Å². The fourth-order valence-electron chi connectivity index (χ4n) is 14.6. The van der Waals surface area contributed by atoms with E-state index in [4.69, 9.17) is 0 Å². The molecule has 144 heavy (non-hydrogen) atoms. The van der Waals surface area contributed by atoms with Crippen LogP contribution in [0.2, 0.25) is 0 Å². The van der Waals surface area contributed by atoms with Crippen LogP contribution in [0.4, 0.5) is 263 Å². The Balaban J connectivity index is 0.000000281. The van der Waals surface area contributed by atoms with Crippen LogP contribution in [0.3, 0.4) is 0 Å². The predicted octanol–water partition coefficient (Wildman–Crippen LogP) is 14.0. The Morgan fingerprint density at radius 1 is 0.0764 bits per heavy atom. The van der Waals surface area contributed by atoms with E-state index in [1.165, 1.54) is 0 Å². The minimum absolute atomic E-state index is 2.00. The number of halogens is 60. The molecule has 0 atom stereocenters. The molecule has 0 aliphatic carbocycles. The Morgan fingerprint density at radius 3 is 0.139 bits per heavy atom. The molecule has 0 fully saturated rings. The molecule has 0 heterocycles. The first-order chi connectivity index (χ1) is 66.3. The maximum absolute atomic E-state index is 15.4. The van der Waals surface area contributed by atoms with Crippen LogP contribution in [0.5, 0.6) is 0 Å². The highest BCUT2D eigenvalue weighted by Crippen LogP contribution is 2.38. The Kier molecular flexibility index (Phi) is 34.9. The number of rotatable bonds is 12. The van der Waals surface area contributed by atoms with Crippen molar-refractivity contribution in [1.29, 1.82) is 0 Å². The van der Waals surface area contributed by atoms with Crippen LogP contribution in [-0.4, -0.2) is 60.7 Å². The highest BCUT2D eigenvalue weighted by Gasteiger charge is 2.58. The van der Waals surface area contributed by atoms with E-state index in [0.717, 1.165) is 0 Å². The van der Waals surface area contributed by atoms with Crippen LogP contribution >= 0.6 is 0 Å². The average molecular weight is 2180 g/mol. The van der Waals surface area contributed by atoms with Crippen molar-refractivity contribution >= 4 is 84.0 Å². The summed E-state index contributed by atoms with van der Waals surface area (Å²) in [5.74, 6) is -214. The summed E-state index contributed by atoms with van der Waals surface area (Å²) in [6, 6.07) is 0. The van der Waals surface area contributed by atoms with Crippen LogP contribution in [0.1, 0.15) is 0 Å².